The van der Waals surface area contributed by atoms with Gasteiger partial charge in [0, 0.05) is 26.2 Å². The molecule has 7 nitrogen and oxygen atoms in total. The van der Waals surface area contributed by atoms with Crippen molar-refractivity contribution < 1.29 is 23.8 Å². The van der Waals surface area contributed by atoms with Crippen LogP contribution in [0.5, 0.6) is 0 Å². The predicted octanol–water partition coefficient (Wildman–Crippen LogP) is 9.34. The van der Waals surface area contributed by atoms with Gasteiger partial charge in [-0.3, -0.25) is 0 Å². The average Bonchev–Trinajstić information content (AvgIpc) is 3.00. The lowest BCUT2D eigenvalue weighted by molar-refractivity contribution is -0.0919. The summed E-state index contributed by atoms with van der Waals surface area (Å²) in [6, 6.07) is 21.6. The van der Waals surface area contributed by atoms with Gasteiger partial charge in [0.25, 0.3) is 0 Å². The number of carbonyl (C=O) groups is 2. The van der Waals surface area contributed by atoms with Crippen LogP contribution in [0.4, 0.5) is 9.59 Å². The largest absolute Gasteiger partial charge is 0.444 e. The molecule has 2 aromatic carbocycles. The van der Waals surface area contributed by atoms with Gasteiger partial charge in [0.1, 0.15) is 11.2 Å². The molecular weight excluding hydrogens is 564 g/mol. The summed E-state index contributed by atoms with van der Waals surface area (Å²) in [6.07, 6.45) is 7.00. The Morgan fingerprint density at radius 3 is 1.18 bits per heavy atom. The van der Waals surface area contributed by atoms with E-state index in [-0.39, 0.29) is 36.5 Å². The Kier molecular flexibility index (Phi) is 11.6. The minimum Gasteiger partial charge on any atom is -0.444 e. The topological polar surface area (TPSA) is 68.3 Å². The van der Waals surface area contributed by atoms with Gasteiger partial charge in [-0.1, -0.05) is 60.7 Å². The predicted molar refractivity (Wildman–Crippen MR) is 179 cm³/mol. The molecule has 0 radical (unpaired) electrons. The monoisotopic (exact) mass is 620 g/mol. The molecule has 0 bridgehead atoms. The molecular formula is C38H56N2O5. The quantitative estimate of drug-likeness (QED) is 0.294. The fourth-order valence-electron chi connectivity index (χ4n) is 6.92. The van der Waals surface area contributed by atoms with Crippen LogP contribution in [-0.4, -0.2) is 59.4 Å². The van der Waals surface area contributed by atoms with E-state index in [1.54, 1.807) is 9.80 Å². The van der Waals surface area contributed by atoms with Gasteiger partial charge in [0.15, 0.2) is 0 Å². The zero-order chi connectivity index (χ0) is 32.8. The highest BCUT2D eigenvalue weighted by molar-refractivity contribution is 5.68. The number of benzene rings is 2. The molecule has 0 heterocycles. The van der Waals surface area contributed by atoms with Crippen LogP contribution in [-0.2, 0) is 14.2 Å². The summed E-state index contributed by atoms with van der Waals surface area (Å²) in [7, 11) is 3.73. The van der Waals surface area contributed by atoms with Crippen LogP contribution in [0.3, 0.4) is 0 Å². The fourth-order valence-corrected chi connectivity index (χ4v) is 6.92. The molecule has 2 aliphatic carbocycles. The zero-order valence-electron chi connectivity index (χ0n) is 28.8. The molecule has 2 aromatic rings. The molecule has 0 saturated heterocycles. The third-order valence-corrected chi connectivity index (χ3v) is 9.35. The third kappa shape index (κ3) is 9.96. The van der Waals surface area contributed by atoms with E-state index >= 15 is 0 Å². The molecule has 7 heteroatoms. The fraction of sp³-hybridized carbons (Fsp3) is 0.632. The van der Waals surface area contributed by atoms with E-state index < -0.39 is 11.2 Å². The number of nitrogens with zero attached hydrogens (tertiary/aromatic N) is 2. The maximum absolute atomic E-state index is 12.8. The highest BCUT2D eigenvalue weighted by Gasteiger charge is 2.38. The van der Waals surface area contributed by atoms with Crippen molar-refractivity contribution in [3.63, 3.8) is 0 Å². The molecule has 2 amide bonds. The van der Waals surface area contributed by atoms with Gasteiger partial charge >= 0.3 is 12.2 Å². The summed E-state index contributed by atoms with van der Waals surface area (Å²) in [6.45, 7) is 11.5. The summed E-state index contributed by atoms with van der Waals surface area (Å²) in [5.74, 6) is 0.688. The zero-order valence-corrected chi connectivity index (χ0v) is 28.8. The van der Waals surface area contributed by atoms with Crippen molar-refractivity contribution in [2.45, 2.75) is 128 Å². The number of ether oxygens (including phenoxy) is 3. The number of amides is 2. The van der Waals surface area contributed by atoms with Gasteiger partial charge in [0.2, 0.25) is 0 Å². The van der Waals surface area contributed by atoms with Gasteiger partial charge in [-0.25, -0.2) is 9.59 Å². The van der Waals surface area contributed by atoms with Crippen molar-refractivity contribution in [2.75, 3.05) is 14.1 Å². The molecule has 0 aliphatic heterocycles. The van der Waals surface area contributed by atoms with Gasteiger partial charge in [-0.2, -0.15) is 0 Å². The van der Waals surface area contributed by atoms with Crippen LogP contribution in [0.15, 0.2) is 60.7 Å². The van der Waals surface area contributed by atoms with Gasteiger partial charge in [0.05, 0.1) is 12.2 Å². The molecule has 0 N–H and O–H groups in total. The minimum absolute atomic E-state index is 0.0497. The summed E-state index contributed by atoms with van der Waals surface area (Å²) in [5.41, 5.74) is 1.40. The van der Waals surface area contributed by atoms with Crippen LogP contribution in [0.2, 0.25) is 0 Å². The standard InChI is InChI=1S/C38H56N2O5/c1-37(2,3)44-35(41)39(7)31-23-19-29(20-24-31)33(27-15-11-9-12-16-27)43-34(28-17-13-10-14-18-28)30-21-25-32(26-22-30)40(8)36(42)45-38(4,5)6/h9-18,29-34H,19-26H2,1-8H3. The summed E-state index contributed by atoms with van der Waals surface area (Å²) in [5, 5.41) is 0. The molecule has 2 fully saturated rings. The molecule has 248 valence electrons. The van der Waals surface area contributed by atoms with Crippen molar-refractivity contribution in [1.29, 1.82) is 0 Å². The Bertz CT molecular complexity index is 1110. The maximum atomic E-state index is 12.8. The minimum atomic E-state index is -0.508. The average molecular weight is 621 g/mol. The van der Waals surface area contributed by atoms with Gasteiger partial charge in [-0.05, 0) is 116 Å². The van der Waals surface area contributed by atoms with Crippen LogP contribution < -0.4 is 0 Å². The first kappa shape index (κ1) is 34.8. The van der Waals surface area contributed by atoms with Crippen molar-refractivity contribution in [2.24, 2.45) is 11.8 Å². The Balaban J connectivity index is 1.49. The first-order chi connectivity index (χ1) is 21.2. The van der Waals surface area contributed by atoms with E-state index in [2.05, 4.69) is 60.7 Å². The molecule has 4 rings (SSSR count). The van der Waals surface area contributed by atoms with E-state index in [1.165, 1.54) is 11.1 Å². The number of carbonyl (C=O) groups excluding carboxylic acids is 2. The Morgan fingerprint density at radius 1 is 0.578 bits per heavy atom. The van der Waals surface area contributed by atoms with E-state index in [0.717, 1.165) is 51.4 Å². The second-order valence-corrected chi connectivity index (χ2v) is 15.1. The van der Waals surface area contributed by atoms with Gasteiger partial charge < -0.3 is 24.0 Å². The van der Waals surface area contributed by atoms with Crippen molar-refractivity contribution >= 4 is 12.2 Å². The number of hydrogen-bond acceptors (Lipinski definition) is 5. The third-order valence-electron chi connectivity index (χ3n) is 9.35. The summed E-state index contributed by atoms with van der Waals surface area (Å²) < 4.78 is 18.6. The SMILES string of the molecule is CN(C(=O)OC(C)(C)C)C1CCC(C(OC(c2ccccc2)C2CCC(N(C)C(=O)OC(C)(C)C)CC2)c2ccccc2)CC1. The van der Waals surface area contributed by atoms with E-state index in [9.17, 15) is 9.59 Å². The summed E-state index contributed by atoms with van der Waals surface area (Å²) in [4.78, 5) is 29.2. The second kappa shape index (κ2) is 15.0. The number of hydrogen-bond donors (Lipinski definition) is 0. The van der Waals surface area contributed by atoms with Crippen molar-refractivity contribution in [1.82, 2.24) is 9.80 Å². The molecule has 2 unspecified atom stereocenters. The second-order valence-electron chi connectivity index (χ2n) is 15.1. The Hall–Kier alpha value is -3.06. The van der Waals surface area contributed by atoms with Gasteiger partial charge in [-0.15, -0.1) is 0 Å². The van der Waals surface area contributed by atoms with Crippen LogP contribution in [0, 0.1) is 11.8 Å². The lowest BCUT2D eigenvalue weighted by Gasteiger charge is -2.42. The normalized spacial score (nSPS) is 23.8. The first-order valence-corrected chi connectivity index (χ1v) is 16.9. The van der Waals surface area contributed by atoms with E-state index in [4.69, 9.17) is 14.2 Å². The van der Waals surface area contributed by atoms with Crippen LogP contribution >= 0.6 is 0 Å². The highest BCUT2D eigenvalue weighted by atomic mass is 16.6. The maximum Gasteiger partial charge on any atom is 0.410 e. The molecule has 45 heavy (non-hydrogen) atoms. The van der Waals surface area contributed by atoms with Crippen LogP contribution in [0.25, 0.3) is 0 Å². The highest BCUT2D eigenvalue weighted by Crippen LogP contribution is 2.45. The van der Waals surface area contributed by atoms with E-state index in [0.29, 0.717) is 11.8 Å². The molecule has 2 aliphatic rings. The Morgan fingerprint density at radius 2 is 0.889 bits per heavy atom. The first-order valence-electron chi connectivity index (χ1n) is 16.9. The van der Waals surface area contributed by atoms with E-state index in [1.807, 2.05) is 55.6 Å². The summed E-state index contributed by atoms with van der Waals surface area (Å²) >= 11 is 0. The molecule has 2 atom stereocenters. The molecule has 2 saturated carbocycles. The molecule has 0 aromatic heterocycles. The lowest BCUT2D eigenvalue weighted by atomic mass is 9.78. The smallest absolute Gasteiger partial charge is 0.410 e. The van der Waals surface area contributed by atoms with Crippen LogP contribution in [0.1, 0.15) is 116 Å². The lowest BCUT2D eigenvalue weighted by Crippen LogP contribution is -2.43. The van der Waals surface area contributed by atoms with Crippen molar-refractivity contribution in [3.8, 4) is 0 Å². The number of rotatable bonds is 8. The molecule has 0 spiro atoms. The van der Waals surface area contributed by atoms with Crippen molar-refractivity contribution in [3.05, 3.63) is 71.8 Å². The Labute approximate surface area is 271 Å².